The quantitative estimate of drug-likeness (QED) is 0.0895. The smallest absolute Gasteiger partial charge is 0.305 e. The number of hydrogen-bond acceptors (Lipinski definition) is 21. The number of thioether (sulfide) groups is 2. The number of rotatable bonds is 18. The number of fused-ring (bicyclic) bond motifs is 4. The van der Waals surface area contributed by atoms with Crippen LogP contribution in [0.1, 0.15) is 147 Å². The Hall–Kier alpha value is -8.76. The summed E-state index contributed by atoms with van der Waals surface area (Å²) in [4.78, 5) is 186. The summed E-state index contributed by atoms with van der Waals surface area (Å²) in [6.45, 7) is 6.84. The minimum atomic E-state index is -1.94. The number of carboxylic acids is 2. The lowest BCUT2D eigenvalue weighted by molar-refractivity contribution is -0.145. The van der Waals surface area contributed by atoms with Gasteiger partial charge in [-0.15, -0.1) is 0 Å². The maximum atomic E-state index is 14.6. The molecule has 0 spiro atoms. The van der Waals surface area contributed by atoms with E-state index in [1.807, 2.05) is 24.5 Å². The number of primary amides is 1. The van der Waals surface area contributed by atoms with Gasteiger partial charge in [0.15, 0.2) is 0 Å². The van der Waals surface area contributed by atoms with E-state index in [9.17, 15) is 82.8 Å². The lowest BCUT2D eigenvalue weighted by Crippen LogP contribution is -2.62. The van der Waals surface area contributed by atoms with E-state index in [0.29, 0.717) is 68.1 Å². The first-order valence-electron chi connectivity index (χ1n) is 34.5. The molecule has 3 aliphatic rings. The molecule has 11 amide bonds. The number of aromatic hydroxyl groups is 1. The highest BCUT2D eigenvalue weighted by Crippen LogP contribution is 2.26. The highest BCUT2D eigenvalue weighted by molar-refractivity contribution is 7.98. The SMILES string of the molecule is CSCc1cc2cc(c1)OCCCCCCO/N=C/C(=O)N[C@@H](CCCCN)C(=O)N[C@@H](C)C(=O)N1CCC[C@H]1C(=O)N[C@@H](CC(C)C)C(=O)N[C@@H](CC(=O)O)C(=O)N[C@@H]([C@@H](C)O)C(=O)N1CCC[C@H]1C(=O)N[C@@H](CCc1ccc(O)cc1)C(=O)N[C@@H](CCC(=O)O)C(=O)N[C@H](C(N)=O)CSC2. The molecule has 34 heteroatoms. The Labute approximate surface area is 601 Å². The summed E-state index contributed by atoms with van der Waals surface area (Å²) < 4.78 is 6.17. The number of ether oxygens (including phenoxy) is 1. The number of amides is 11. The van der Waals surface area contributed by atoms with Gasteiger partial charge in [-0.3, -0.25) is 62.3 Å². The molecule has 11 atom stereocenters. The number of phenols is 1. The molecule has 2 aromatic rings. The van der Waals surface area contributed by atoms with Crippen LogP contribution in [0.15, 0.2) is 47.6 Å². The summed E-state index contributed by atoms with van der Waals surface area (Å²) in [7, 11) is 0. The Balaban J connectivity index is 1.44. The largest absolute Gasteiger partial charge is 0.508 e. The predicted octanol–water partition coefficient (Wildman–Crippen LogP) is 0.337. The molecule has 0 saturated carbocycles. The lowest BCUT2D eigenvalue weighted by Gasteiger charge is -2.32. The van der Waals surface area contributed by atoms with E-state index >= 15 is 0 Å². The van der Waals surface area contributed by atoms with E-state index in [2.05, 4.69) is 47.7 Å². The Morgan fingerprint density at radius 2 is 1.24 bits per heavy atom. The number of oxime groups is 1. The highest BCUT2D eigenvalue weighted by atomic mass is 32.2. The minimum absolute atomic E-state index is 0.00775. The second kappa shape index (κ2) is 43.3. The van der Waals surface area contributed by atoms with Crippen molar-refractivity contribution in [1.82, 2.24) is 52.3 Å². The molecule has 102 heavy (non-hydrogen) atoms. The first-order valence-corrected chi connectivity index (χ1v) is 37.0. The first kappa shape index (κ1) is 83.9. The summed E-state index contributed by atoms with van der Waals surface area (Å²) in [6, 6.07) is -2.86. The number of aliphatic hydroxyl groups is 1. The third kappa shape index (κ3) is 28.2. The van der Waals surface area contributed by atoms with Crippen molar-refractivity contribution in [3.8, 4) is 11.5 Å². The van der Waals surface area contributed by atoms with Gasteiger partial charge in [0.1, 0.15) is 84.7 Å². The van der Waals surface area contributed by atoms with Gasteiger partial charge in [-0.2, -0.15) is 23.5 Å². The molecule has 16 N–H and O–H groups in total. The van der Waals surface area contributed by atoms with E-state index in [-0.39, 0.29) is 82.1 Å². The number of benzene rings is 2. The van der Waals surface area contributed by atoms with Gasteiger partial charge in [0.2, 0.25) is 59.1 Å². The van der Waals surface area contributed by atoms with E-state index < -0.39 is 163 Å². The predicted molar refractivity (Wildman–Crippen MR) is 378 cm³/mol. The molecule has 3 heterocycles. The van der Waals surface area contributed by atoms with Gasteiger partial charge in [-0.1, -0.05) is 37.2 Å². The number of carbonyl (C=O) groups excluding carboxylic acids is 11. The van der Waals surface area contributed by atoms with Crippen molar-refractivity contribution in [2.24, 2.45) is 22.5 Å². The Bertz CT molecular complexity index is 3240. The molecule has 0 aromatic heterocycles. The third-order valence-electron chi connectivity index (χ3n) is 17.1. The highest BCUT2D eigenvalue weighted by Gasteiger charge is 2.43. The second-order valence-corrected chi connectivity index (χ2v) is 27.9. The number of aryl methyl sites for hydroxylation is 1. The number of nitrogens with two attached hydrogens (primary N) is 2. The van der Waals surface area contributed by atoms with Crippen LogP contribution >= 0.6 is 23.5 Å². The van der Waals surface area contributed by atoms with Crippen LogP contribution in [-0.2, 0) is 85.1 Å². The van der Waals surface area contributed by atoms with E-state index in [1.165, 1.54) is 35.7 Å². The van der Waals surface area contributed by atoms with Crippen LogP contribution in [0, 0.1) is 5.92 Å². The first-order chi connectivity index (χ1) is 48.6. The molecule has 0 unspecified atom stereocenters. The van der Waals surface area contributed by atoms with Crippen molar-refractivity contribution in [2.45, 2.75) is 215 Å². The number of aliphatic carboxylic acids is 2. The number of carbonyl (C=O) groups is 13. The van der Waals surface area contributed by atoms with Crippen molar-refractivity contribution < 1.29 is 92.3 Å². The summed E-state index contributed by atoms with van der Waals surface area (Å²) in [6.07, 6.45) is 3.36. The zero-order valence-electron chi connectivity index (χ0n) is 58.5. The van der Waals surface area contributed by atoms with Crippen molar-refractivity contribution in [1.29, 1.82) is 0 Å². The Morgan fingerprint density at radius 1 is 0.657 bits per heavy atom. The molecule has 0 aliphatic carbocycles. The summed E-state index contributed by atoms with van der Waals surface area (Å²) in [5.41, 5.74) is 13.9. The number of unbranched alkanes of at least 4 members (excludes halogenated alkanes) is 1. The molecule has 5 rings (SSSR count). The van der Waals surface area contributed by atoms with E-state index in [1.54, 1.807) is 37.7 Å². The summed E-state index contributed by atoms with van der Waals surface area (Å²) >= 11 is 2.86. The van der Waals surface area contributed by atoms with E-state index in [4.69, 9.17) is 21.0 Å². The fourth-order valence-electron chi connectivity index (χ4n) is 11.8. The van der Waals surface area contributed by atoms with Crippen LogP contribution in [-0.4, -0.2) is 225 Å². The molecule has 0 radical (unpaired) electrons. The number of hydrogen-bond donors (Lipinski definition) is 14. The van der Waals surface area contributed by atoms with E-state index in [0.717, 1.165) is 42.0 Å². The van der Waals surface area contributed by atoms with Gasteiger partial charge in [-0.25, -0.2) is 0 Å². The molecular formula is C68H101N13O19S2. The second-order valence-electron chi connectivity index (χ2n) is 26.0. The third-order valence-corrected chi connectivity index (χ3v) is 18.9. The molecule has 564 valence electrons. The van der Waals surface area contributed by atoms with Gasteiger partial charge < -0.3 is 93.8 Å². The molecule has 3 aliphatic heterocycles. The van der Waals surface area contributed by atoms with Gasteiger partial charge in [0, 0.05) is 36.8 Å². The molecule has 2 saturated heterocycles. The van der Waals surface area contributed by atoms with Gasteiger partial charge in [0.25, 0.3) is 5.91 Å². The average Bonchev–Trinajstić information content (AvgIpc) is 1.78. The van der Waals surface area contributed by atoms with Crippen molar-refractivity contribution in [3.63, 3.8) is 0 Å². The molecule has 2 bridgehead atoms. The molecule has 32 nitrogen and oxygen atoms in total. The van der Waals surface area contributed by atoms with Crippen LogP contribution in [0.4, 0.5) is 0 Å². The Kier molecular flexibility index (Phi) is 35.6. The molecule has 2 aromatic carbocycles. The topological polar surface area (TPSA) is 488 Å². The maximum absolute atomic E-state index is 14.6. The van der Waals surface area contributed by atoms with Gasteiger partial charge >= 0.3 is 11.9 Å². The minimum Gasteiger partial charge on any atom is -0.508 e. The van der Waals surface area contributed by atoms with Gasteiger partial charge in [0.05, 0.1) is 19.1 Å². The van der Waals surface area contributed by atoms with Crippen molar-refractivity contribution >= 4 is 107 Å². The monoisotopic (exact) mass is 1470 g/mol. The van der Waals surface area contributed by atoms with Gasteiger partial charge in [-0.05, 0) is 170 Å². The zero-order valence-corrected chi connectivity index (χ0v) is 60.1. The van der Waals surface area contributed by atoms with Crippen LogP contribution < -0.4 is 58.7 Å². The number of phenolic OH excluding ortho intramolecular Hbond substituents is 1. The molecular weight excluding hydrogens is 1370 g/mol. The van der Waals surface area contributed by atoms with Crippen LogP contribution in [0.25, 0.3) is 0 Å². The Morgan fingerprint density at radius 3 is 1.85 bits per heavy atom. The van der Waals surface area contributed by atoms with Crippen molar-refractivity contribution in [3.05, 3.63) is 59.2 Å². The number of nitrogens with zero attached hydrogens (tertiary/aromatic N) is 3. The molecule has 2 fully saturated rings. The summed E-state index contributed by atoms with van der Waals surface area (Å²) in [5.74, 6) is -11.7. The number of nitrogens with one attached hydrogen (secondary N) is 8. The normalized spacial score (nSPS) is 25.3. The fraction of sp³-hybridized carbons (Fsp3) is 0.618. The van der Waals surface area contributed by atoms with Crippen molar-refractivity contribution in [2.75, 3.05) is 44.9 Å². The lowest BCUT2D eigenvalue weighted by atomic mass is 10.0. The van der Waals surface area contributed by atoms with Crippen LogP contribution in [0.2, 0.25) is 0 Å². The maximum Gasteiger partial charge on any atom is 0.305 e. The number of aliphatic hydroxyl groups excluding tert-OH is 1. The fourth-order valence-corrected chi connectivity index (χ4v) is 13.3. The summed E-state index contributed by atoms with van der Waals surface area (Å²) in [5, 5.41) is 65.0. The van der Waals surface area contributed by atoms with Crippen LogP contribution in [0.3, 0.4) is 0 Å². The standard InChI is InChI=1S/C68H101N13O19S2/c1-39(2)30-50-63(93)76-51(34-57(87)88)64(94)79-58(41(4)82)68(98)81-27-13-16-54(81)65(95)75-48(22-19-42-17-20-45(83)21-18-42)61(91)74-49(23-24-56(85)86)62(92)78-52(59(70)89)38-102-37-44-31-43(36-101-5)32-46(33-44)99-28-10-6-7-11-29-100-71-35-55(84)73-47(14-8-9-25-69)60(90)72-40(3)67(97)80-26-12-15-53(80)66(96)77-50/h17-18,20-21,31-33,35,39-41,47-54,58,82-83H,6-16,19,22-30,34,36-38,69H2,1-5H3,(H2,70,89)(H,72,90)(H,73,84)(H,74,91)(H,75,95)(H,76,93)(H,77,96)(H,78,92)(H,79,94)(H,85,86)(H,87,88)/b71-35+/t40-,41+,47-,48-,49-,50-,51-,52-,53-,54-,58-/m0/s1. The zero-order chi connectivity index (χ0) is 75.0. The van der Waals surface area contributed by atoms with Crippen LogP contribution in [0.5, 0.6) is 11.5 Å². The average molecular weight is 1470 g/mol. The number of carboxylic acid groups (broad SMARTS) is 2.